The van der Waals surface area contributed by atoms with E-state index in [0.29, 0.717) is 24.7 Å². The summed E-state index contributed by atoms with van der Waals surface area (Å²) in [6, 6.07) is 21.0. The van der Waals surface area contributed by atoms with Crippen molar-refractivity contribution in [3.63, 3.8) is 0 Å². The summed E-state index contributed by atoms with van der Waals surface area (Å²) in [4.78, 5) is 29.4. The van der Waals surface area contributed by atoms with E-state index < -0.39 is 28.5 Å². The molecule has 224 valence electrons. The first-order valence-electron chi connectivity index (χ1n) is 14.2. The van der Waals surface area contributed by atoms with Crippen LogP contribution in [-0.2, 0) is 32.6 Å². The Bertz CT molecular complexity index is 1480. The monoisotopic (exact) mass is 593 g/mol. The fraction of sp³-hybridized carbons (Fsp3) is 0.375. The number of carbonyl (C=O) groups is 2. The average molecular weight is 594 g/mol. The van der Waals surface area contributed by atoms with Crippen LogP contribution in [-0.4, -0.2) is 62.7 Å². The molecule has 3 aromatic carbocycles. The SMILES string of the molecule is CCS(=O)(=O)N(CC(=O)N(Cc1ccc(C)cc1)C(Cc1ccccc1)C(=O)NC(C)C)c1ccc2c(c1)OCCO2. The van der Waals surface area contributed by atoms with E-state index in [2.05, 4.69) is 5.32 Å². The Kier molecular flexibility index (Phi) is 10.1. The van der Waals surface area contributed by atoms with Gasteiger partial charge in [-0.3, -0.25) is 13.9 Å². The van der Waals surface area contributed by atoms with Crippen molar-refractivity contribution < 1.29 is 27.5 Å². The standard InChI is InChI=1S/C32H39N3O6S/c1-5-42(38,39)35(27-15-16-29-30(20-27)41-18-17-40-29)22-31(36)34(21-26-13-11-24(4)12-14-26)28(32(37)33-23(2)3)19-25-9-7-6-8-10-25/h6-16,20,23,28H,5,17-19,21-22H2,1-4H3,(H,33,37). The van der Waals surface area contributed by atoms with Crippen LogP contribution < -0.4 is 19.1 Å². The summed E-state index contributed by atoms with van der Waals surface area (Å²) in [7, 11) is -3.88. The number of aryl methyl sites for hydroxylation is 1. The normalized spacial score (nSPS) is 13.4. The molecule has 0 saturated heterocycles. The van der Waals surface area contributed by atoms with Crippen molar-refractivity contribution in [2.75, 3.05) is 29.8 Å². The Morgan fingerprint density at radius 3 is 2.21 bits per heavy atom. The second-order valence-electron chi connectivity index (χ2n) is 10.6. The quantitative estimate of drug-likeness (QED) is 0.339. The number of anilines is 1. The van der Waals surface area contributed by atoms with E-state index in [9.17, 15) is 18.0 Å². The molecular formula is C32H39N3O6S. The molecule has 42 heavy (non-hydrogen) atoms. The van der Waals surface area contributed by atoms with Gasteiger partial charge in [0.15, 0.2) is 11.5 Å². The molecule has 0 fully saturated rings. The van der Waals surface area contributed by atoms with E-state index in [1.165, 1.54) is 11.8 Å². The molecular weight excluding hydrogens is 554 g/mol. The van der Waals surface area contributed by atoms with E-state index >= 15 is 0 Å². The minimum atomic E-state index is -3.88. The molecule has 9 nitrogen and oxygen atoms in total. The fourth-order valence-corrected chi connectivity index (χ4v) is 5.79. The van der Waals surface area contributed by atoms with Crippen molar-refractivity contribution in [3.05, 3.63) is 89.5 Å². The molecule has 0 aromatic heterocycles. The smallest absolute Gasteiger partial charge is 0.244 e. The lowest BCUT2D eigenvalue weighted by atomic mass is 10.0. The highest BCUT2D eigenvalue weighted by Crippen LogP contribution is 2.35. The minimum absolute atomic E-state index is 0.128. The minimum Gasteiger partial charge on any atom is -0.486 e. The van der Waals surface area contributed by atoms with Crippen molar-refractivity contribution in [1.82, 2.24) is 10.2 Å². The molecule has 1 aliphatic heterocycles. The summed E-state index contributed by atoms with van der Waals surface area (Å²) < 4.78 is 39.1. The molecule has 3 aromatic rings. The van der Waals surface area contributed by atoms with Crippen LogP contribution in [0.25, 0.3) is 0 Å². The van der Waals surface area contributed by atoms with E-state index in [0.717, 1.165) is 21.0 Å². The van der Waals surface area contributed by atoms with E-state index in [1.807, 2.05) is 75.4 Å². The zero-order valence-corrected chi connectivity index (χ0v) is 25.4. The van der Waals surface area contributed by atoms with Gasteiger partial charge < -0.3 is 19.7 Å². The summed E-state index contributed by atoms with van der Waals surface area (Å²) in [6.07, 6.45) is 0.265. The van der Waals surface area contributed by atoms with Gasteiger partial charge in [-0.1, -0.05) is 60.2 Å². The Labute approximate surface area is 248 Å². The van der Waals surface area contributed by atoms with E-state index in [1.54, 1.807) is 18.2 Å². The van der Waals surface area contributed by atoms with Crippen molar-refractivity contribution in [1.29, 1.82) is 0 Å². The van der Waals surface area contributed by atoms with Crippen molar-refractivity contribution in [2.24, 2.45) is 0 Å². The number of amides is 2. The molecule has 10 heteroatoms. The third-order valence-corrected chi connectivity index (χ3v) is 8.71. The van der Waals surface area contributed by atoms with Crippen LogP contribution in [0.2, 0.25) is 0 Å². The number of nitrogens with zero attached hydrogens (tertiary/aromatic N) is 2. The van der Waals surface area contributed by atoms with Crippen molar-refractivity contribution in [2.45, 2.75) is 52.7 Å². The number of ether oxygens (including phenoxy) is 2. The van der Waals surface area contributed by atoms with Crippen molar-refractivity contribution in [3.8, 4) is 11.5 Å². The predicted octanol–water partition coefficient (Wildman–Crippen LogP) is 4.09. The molecule has 0 bridgehead atoms. The Balaban J connectivity index is 1.74. The molecule has 0 spiro atoms. The van der Waals surface area contributed by atoms with Crippen molar-refractivity contribution >= 4 is 27.5 Å². The first-order chi connectivity index (χ1) is 20.1. The topological polar surface area (TPSA) is 105 Å². The highest BCUT2D eigenvalue weighted by Gasteiger charge is 2.34. The summed E-state index contributed by atoms with van der Waals surface area (Å²) in [6.45, 7) is 7.61. The molecule has 0 aliphatic carbocycles. The van der Waals surface area contributed by atoms with Gasteiger partial charge in [0.05, 0.1) is 11.4 Å². The van der Waals surface area contributed by atoms with Crippen LogP contribution in [0.1, 0.15) is 37.5 Å². The van der Waals surface area contributed by atoms with Crippen LogP contribution in [0.15, 0.2) is 72.8 Å². The van der Waals surface area contributed by atoms with Crippen LogP contribution in [0.4, 0.5) is 5.69 Å². The summed E-state index contributed by atoms with van der Waals surface area (Å²) in [5.74, 6) is -0.0915. The summed E-state index contributed by atoms with van der Waals surface area (Å²) >= 11 is 0. The fourth-order valence-electron chi connectivity index (χ4n) is 4.73. The first kappa shape index (κ1) is 30.9. The van der Waals surface area contributed by atoms with E-state index in [-0.39, 0.29) is 36.4 Å². The van der Waals surface area contributed by atoms with Crippen LogP contribution >= 0.6 is 0 Å². The number of carbonyl (C=O) groups excluding carboxylic acids is 2. The van der Waals surface area contributed by atoms with E-state index in [4.69, 9.17) is 9.47 Å². The molecule has 1 unspecified atom stereocenters. The lowest BCUT2D eigenvalue weighted by Gasteiger charge is -2.34. The molecule has 1 N–H and O–H groups in total. The first-order valence-corrected chi connectivity index (χ1v) is 15.8. The van der Waals surface area contributed by atoms with Crippen LogP contribution in [0.5, 0.6) is 11.5 Å². The highest BCUT2D eigenvalue weighted by atomic mass is 32.2. The lowest BCUT2D eigenvalue weighted by molar-refractivity contribution is -0.140. The molecule has 1 atom stereocenters. The maximum Gasteiger partial charge on any atom is 0.244 e. The number of rotatable bonds is 12. The van der Waals surface area contributed by atoms with Crippen LogP contribution in [0, 0.1) is 6.92 Å². The predicted molar refractivity (Wildman–Crippen MR) is 163 cm³/mol. The zero-order chi connectivity index (χ0) is 30.3. The maximum absolute atomic E-state index is 14.3. The Morgan fingerprint density at radius 1 is 0.905 bits per heavy atom. The van der Waals surface area contributed by atoms with Gasteiger partial charge >= 0.3 is 0 Å². The third-order valence-electron chi connectivity index (χ3n) is 6.97. The molecule has 1 heterocycles. The second-order valence-corrected chi connectivity index (χ2v) is 12.8. The Morgan fingerprint density at radius 2 is 1.57 bits per heavy atom. The summed E-state index contributed by atoms with van der Waals surface area (Å²) in [5, 5.41) is 2.96. The zero-order valence-electron chi connectivity index (χ0n) is 24.6. The molecule has 4 rings (SSSR count). The molecule has 2 amide bonds. The number of hydrogen-bond donors (Lipinski definition) is 1. The van der Waals surface area contributed by atoms with Gasteiger partial charge in [-0.2, -0.15) is 0 Å². The van der Waals surface area contributed by atoms with Gasteiger partial charge in [0.1, 0.15) is 25.8 Å². The highest BCUT2D eigenvalue weighted by molar-refractivity contribution is 7.92. The molecule has 0 radical (unpaired) electrons. The molecule has 1 aliphatic rings. The van der Waals surface area contributed by atoms with Gasteiger partial charge in [-0.15, -0.1) is 0 Å². The molecule has 0 saturated carbocycles. The number of benzene rings is 3. The number of sulfonamides is 1. The summed E-state index contributed by atoms with van der Waals surface area (Å²) in [5.41, 5.74) is 3.06. The van der Waals surface area contributed by atoms with Gasteiger partial charge in [-0.05, 0) is 51.0 Å². The van der Waals surface area contributed by atoms with Crippen LogP contribution in [0.3, 0.4) is 0 Å². The Hall–Kier alpha value is -4.05. The number of hydrogen-bond acceptors (Lipinski definition) is 6. The van der Waals surface area contributed by atoms with Gasteiger partial charge in [0.2, 0.25) is 21.8 Å². The largest absolute Gasteiger partial charge is 0.486 e. The average Bonchev–Trinajstić information content (AvgIpc) is 2.98. The van der Waals surface area contributed by atoms with Gasteiger partial charge in [0, 0.05) is 25.1 Å². The number of fused-ring (bicyclic) bond motifs is 1. The van der Waals surface area contributed by atoms with Gasteiger partial charge in [0.25, 0.3) is 0 Å². The lowest BCUT2D eigenvalue weighted by Crippen LogP contribution is -2.54. The third kappa shape index (κ3) is 7.82. The maximum atomic E-state index is 14.3. The number of nitrogens with one attached hydrogen (secondary N) is 1. The second kappa shape index (κ2) is 13.7. The van der Waals surface area contributed by atoms with Gasteiger partial charge in [-0.25, -0.2) is 8.42 Å².